The molecule has 0 radical (unpaired) electrons. The number of nitrogens with zero attached hydrogens (tertiary/aromatic N) is 3. The van der Waals surface area contributed by atoms with E-state index in [1.54, 1.807) is 11.3 Å². The van der Waals surface area contributed by atoms with Crippen molar-refractivity contribution >= 4 is 40.4 Å². The van der Waals surface area contributed by atoms with Gasteiger partial charge in [-0.05, 0) is 31.9 Å². The van der Waals surface area contributed by atoms with Gasteiger partial charge in [0.05, 0.1) is 17.1 Å². The minimum absolute atomic E-state index is 0.0242. The number of nitrogens with one attached hydrogen (secondary N) is 1. The lowest BCUT2D eigenvalue weighted by molar-refractivity contribution is -0.113. The number of anilines is 2. The van der Waals surface area contributed by atoms with Gasteiger partial charge in [0.15, 0.2) is 4.34 Å². The van der Waals surface area contributed by atoms with Gasteiger partial charge in [-0.3, -0.25) is 9.69 Å². The first-order valence-corrected chi connectivity index (χ1v) is 12.5. The Balaban J connectivity index is 1.32. The molecule has 0 atom stereocenters. The monoisotopic (exact) mass is 430 g/mol. The average molecular weight is 431 g/mol. The zero-order valence-electron chi connectivity index (χ0n) is 17.1. The zero-order valence-corrected chi connectivity index (χ0v) is 18.7. The van der Waals surface area contributed by atoms with Crippen LogP contribution in [-0.2, 0) is 4.79 Å². The highest BCUT2D eigenvalue weighted by Gasteiger charge is 2.26. The van der Waals surface area contributed by atoms with E-state index in [1.165, 1.54) is 43.9 Å². The van der Waals surface area contributed by atoms with Gasteiger partial charge in [-0.2, -0.15) is 0 Å². The number of carbonyl (C=O) groups excluding carboxylic acids is 1. The number of hydrogen-bond acceptors (Lipinski definition) is 6. The molecule has 1 aliphatic heterocycles. The summed E-state index contributed by atoms with van der Waals surface area (Å²) in [5.41, 5.74) is 3.06. The average Bonchev–Trinajstić information content (AvgIpc) is 3.19. The van der Waals surface area contributed by atoms with E-state index in [2.05, 4.69) is 32.2 Å². The molecule has 29 heavy (non-hydrogen) atoms. The summed E-state index contributed by atoms with van der Waals surface area (Å²) in [5.74, 6) is 0.410. The van der Waals surface area contributed by atoms with E-state index in [4.69, 9.17) is 0 Å². The lowest BCUT2D eigenvalue weighted by Gasteiger charge is -2.42. The molecule has 1 aliphatic carbocycles. The van der Waals surface area contributed by atoms with Gasteiger partial charge in [-0.25, -0.2) is 4.98 Å². The number of amides is 1. The van der Waals surface area contributed by atoms with Crippen molar-refractivity contribution in [2.24, 2.45) is 0 Å². The number of benzene rings is 1. The number of carbonyl (C=O) groups is 1. The fraction of sp³-hybridized carbons (Fsp3) is 0.545. The number of piperazine rings is 1. The molecule has 1 saturated carbocycles. The molecule has 0 unspecified atom stereocenters. The Bertz CT molecular complexity index is 811. The lowest BCUT2D eigenvalue weighted by Crippen LogP contribution is -2.51. The third-order valence-electron chi connectivity index (χ3n) is 5.85. The first-order chi connectivity index (χ1) is 14.2. The van der Waals surface area contributed by atoms with E-state index < -0.39 is 0 Å². The van der Waals surface area contributed by atoms with E-state index >= 15 is 0 Å². The van der Waals surface area contributed by atoms with Crippen LogP contribution in [0.25, 0.3) is 0 Å². The quantitative estimate of drug-likeness (QED) is 0.677. The van der Waals surface area contributed by atoms with Crippen LogP contribution in [0.4, 0.5) is 11.4 Å². The maximum Gasteiger partial charge on any atom is 0.234 e. The first kappa shape index (κ1) is 20.7. The summed E-state index contributed by atoms with van der Waals surface area (Å²) in [7, 11) is 0. The second kappa shape index (κ2) is 9.96. The van der Waals surface area contributed by atoms with Crippen molar-refractivity contribution in [1.82, 2.24) is 9.88 Å². The minimum Gasteiger partial charge on any atom is -0.367 e. The molecule has 2 aromatic rings. The van der Waals surface area contributed by atoms with Crippen LogP contribution in [-0.4, -0.2) is 53.8 Å². The van der Waals surface area contributed by atoms with Crippen LogP contribution in [0.5, 0.6) is 0 Å². The molecule has 2 heterocycles. The van der Waals surface area contributed by atoms with Gasteiger partial charge in [0.25, 0.3) is 0 Å². The van der Waals surface area contributed by atoms with Crippen LogP contribution >= 0.6 is 23.1 Å². The van der Waals surface area contributed by atoms with Crippen LogP contribution < -0.4 is 10.2 Å². The van der Waals surface area contributed by atoms with Crippen molar-refractivity contribution in [1.29, 1.82) is 0 Å². The molecule has 4 rings (SSSR count). The molecule has 1 amide bonds. The molecular weight excluding hydrogens is 400 g/mol. The minimum atomic E-state index is 0.0242. The fourth-order valence-electron chi connectivity index (χ4n) is 4.34. The molecule has 1 aromatic carbocycles. The molecule has 1 aromatic heterocycles. The Morgan fingerprint density at radius 3 is 2.66 bits per heavy atom. The number of hydrogen-bond donors (Lipinski definition) is 1. The molecule has 7 heteroatoms. The highest BCUT2D eigenvalue weighted by Crippen LogP contribution is 2.29. The molecule has 2 aliphatic rings. The molecule has 0 spiro atoms. The predicted octanol–water partition coefficient (Wildman–Crippen LogP) is 4.64. The number of para-hydroxylation sites is 2. The maximum absolute atomic E-state index is 12.5. The Morgan fingerprint density at radius 1 is 1.17 bits per heavy atom. The first-order valence-electron chi connectivity index (χ1n) is 10.6. The second-order valence-corrected chi connectivity index (χ2v) is 10.0. The van der Waals surface area contributed by atoms with Gasteiger partial charge >= 0.3 is 0 Å². The third kappa shape index (κ3) is 5.53. The van der Waals surface area contributed by atoms with E-state index in [-0.39, 0.29) is 5.91 Å². The summed E-state index contributed by atoms with van der Waals surface area (Å²) >= 11 is 3.10. The Hall–Kier alpha value is -1.57. The molecule has 2 fully saturated rings. The summed E-state index contributed by atoms with van der Waals surface area (Å²) < 4.78 is 0.949. The topological polar surface area (TPSA) is 48.5 Å². The Kier molecular flexibility index (Phi) is 7.11. The maximum atomic E-state index is 12.5. The van der Waals surface area contributed by atoms with Crippen molar-refractivity contribution in [2.75, 3.05) is 42.1 Å². The van der Waals surface area contributed by atoms with Gasteiger partial charge in [0.2, 0.25) is 5.91 Å². The zero-order chi connectivity index (χ0) is 20.1. The van der Waals surface area contributed by atoms with Gasteiger partial charge in [0.1, 0.15) is 0 Å². The molecule has 156 valence electrons. The predicted molar refractivity (Wildman–Crippen MR) is 123 cm³/mol. The van der Waals surface area contributed by atoms with Crippen LogP contribution in [0.2, 0.25) is 0 Å². The Labute approximate surface area is 181 Å². The van der Waals surface area contributed by atoms with Gasteiger partial charge in [0, 0.05) is 43.3 Å². The van der Waals surface area contributed by atoms with Crippen molar-refractivity contribution in [3.63, 3.8) is 0 Å². The van der Waals surface area contributed by atoms with Gasteiger partial charge in [-0.15, -0.1) is 11.3 Å². The molecular formula is C22H30N4OS2. The van der Waals surface area contributed by atoms with E-state index in [0.717, 1.165) is 53.6 Å². The summed E-state index contributed by atoms with van der Waals surface area (Å²) in [6.07, 6.45) is 6.91. The number of aryl methyl sites for hydroxylation is 1. The SMILES string of the molecule is Cc1csc(SCC(=O)Nc2ccccc2N2CCN(C3CCCCC3)CC2)n1. The number of aromatic nitrogens is 1. The van der Waals surface area contributed by atoms with E-state index in [9.17, 15) is 4.79 Å². The number of thioether (sulfide) groups is 1. The fourth-order valence-corrected chi connectivity index (χ4v) is 5.99. The summed E-state index contributed by atoms with van der Waals surface area (Å²) in [4.78, 5) is 22.0. The molecule has 0 bridgehead atoms. The van der Waals surface area contributed by atoms with Crippen molar-refractivity contribution < 1.29 is 4.79 Å². The van der Waals surface area contributed by atoms with Gasteiger partial charge < -0.3 is 10.2 Å². The second-order valence-electron chi connectivity index (χ2n) is 7.92. The summed E-state index contributed by atoms with van der Waals surface area (Å²) in [6.45, 7) is 6.26. The van der Waals surface area contributed by atoms with Crippen LogP contribution in [0.3, 0.4) is 0 Å². The van der Waals surface area contributed by atoms with E-state index in [1.807, 2.05) is 24.4 Å². The van der Waals surface area contributed by atoms with Crippen LogP contribution in [0.1, 0.15) is 37.8 Å². The molecule has 5 nitrogen and oxygen atoms in total. The third-order valence-corrected chi connectivity index (χ3v) is 7.99. The van der Waals surface area contributed by atoms with E-state index in [0.29, 0.717) is 5.75 Å². The highest BCUT2D eigenvalue weighted by molar-refractivity contribution is 8.01. The van der Waals surface area contributed by atoms with Crippen LogP contribution in [0, 0.1) is 6.92 Å². The number of rotatable bonds is 6. The van der Waals surface area contributed by atoms with Crippen molar-refractivity contribution in [2.45, 2.75) is 49.4 Å². The normalized spacial score (nSPS) is 18.7. The lowest BCUT2D eigenvalue weighted by atomic mass is 9.94. The van der Waals surface area contributed by atoms with Gasteiger partial charge in [-0.1, -0.05) is 43.2 Å². The van der Waals surface area contributed by atoms with Crippen molar-refractivity contribution in [3.8, 4) is 0 Å². The standard InChI is InChI=1S/C22H30N4OS2/c1-17-15-28-22(23-17)29-16-21(27)24-19-9-5-6-10-20(19)26-13-11-25(12-14-26)18-7-3-2-4-8-18/h5-6,9-10,15,18H,2-4,7-8,11-14,16H2,1H3,(H,24,27). The largest absolute Gasteiger partial charge is 0.367 e. The summed E-state index contributed by atoms with van der Waals surface area (Å²) in [5, 5.41) is 5.14. The Morgan fingerprint density at radius 2 is 1.93 bits per heavy atom. The number of thiazole rings is 1. The molecule has 1 saturated heterocycles. The highest BCUT2D eigenvalue weighted by atomic mass is 32.2. The summed E-state index contributed by atoms with van der Waals surface area (Å²) in [6, 6.07) is 8.98. The molecule has 1 N–H and O–H groups in total. The van der Waals surface area contributed by atoms with Crippen LogP contribution in [0.15, 0.2) is 34.0 Å². The van der Waals surface area contributed by atoms with Crippen molar-refractivity contribution in [3.05, 3.63) is 35.3 Å². The smallest absolute Gasteiger partial charge is 0.234 e.